The van der Waals surface area contributed by atoms with Gasteiger partial charge >= 0.3 is 0 Å². The van der Waals surface area contributed by atoms with Gasteiger partial charge in [0.2, 0.25) is 10.0 Å². The number of nitrogens with one attached hydrogen (secondary N) is 1. The van der Waals surface area contributed by atoms with Gasteiger partial charge in [-0.3, -0.25) is 4.79 Å². The van der Waals surface area contributed by atoms with Crippen molar-refractivity contribution < 1.29 is 17.6 Å². The van der Waals surface area contributed by atoms with Gasteiger partial charge in [-0.25, -0.2) is 17.5 Å². The molecule has 1 heterocycles. The van der Waals surface area contributed by atoms with Gasteiger partial charge < -0.3 is 0 Å². The lowest BCUT2D eigenvalue weighted by molar-refractivity contribution is 0.101. The van der Waals surface area contributed by atoms with Gasteiger partial charge in [-0.1, -0.05) is 24.3 Å². The summed E-state index contributed by atoms with van der Waals surface area (Å²) in [5, 5.41) is 0. The Bertz CT molecular complexity index is 896. The first-order valence-electron chi connectivity index (χ1n) is 7.43. The lowest BCUT2D eigenvalue weighted by atomic mass is 10.0. The summed E-state index contributed by atoms with van der Waals surface area (Å²) in [6.45, 7) is 1.39. The predicted octanol–water partition coefficient (Wildman–Crippen LogP) is 3.54. The first-order chi connectivity index (χ1) is 11.4. The largest absolute Gasteiger partial charge is 0.295 e. The number of ketones is 1. The van der Waals surface area contributed by atoms with Crippen molar-refractivity contribution in [2.45, 2.75) is 29.2 Å². The minimum atomic E-state index is -3.81. The highest BCUT2D eigenvalue weighted by molar-refractivity contribution is 7.99. The molecule has 0 fully saturated rings. The van der Waals surface area contributed by atoms with E-state index in [1.807, 2.05) is 0 Å². The van der Waals surface area contributed by atoms with E-state index in [-0.39, 0.29) is 16.5 Å². The Hall–Kier alpha value is -1.70. The number of rotatable bonds is 4. The highest BCUT2D eigenvalue weighted by Crippen LogP contribution is 2.38. The minimum absolute atomic E-state index is 0.0337. The average Bonchev–Trinajstić information content (AvgIpc) is 2.56. The van der Waals surface area contributed by atoms with E-state index in [0.29, 0.717) is 28.2 Å². The van der Waals surface area contributed by atoms with Crippen LogP contribution < -0.4 is 4.72 Å². The SMILES string of the molecule is CC(=O)c1cccc(S(=O)(=O)NC2CCSc3c(F)cccc32)c1. The molecule has 0 saturated carbocycles. The number of hydrogen-bond acceptors (Lipinski definition) is 4. The Kier molecular flexibility index (Phi) is 4.76. The Morgan fingerprint density at radius 2 is 2.00 bits per heavy atom. The summed E-state index contributed by atoms with van der Waals surface area (Å²) in [4.78, 5) is 12.0. The summed E-state index contributed by atoms with van der Waals surface area (Å²) in [6.07, 6.45) is 0.576. The van der Waals surface area contributed by atoms with E-state index in [1.54, 1.807) is 18.2 Å². The van der Waals surface area contributed by atoms with Crippen LogP contribution in [-0.4, -0.2) is 20.0 Å². The maximum absolute atomic E-state index is 13.9. The number of benzene rings is 2. The van der Waals surface area contributed by atoms with E-state index in [4.69, 9.17) is 0 Å². The summed E-state index contributed by atoms with van der Waals surface area (Å²) in [6, 6.07) is 10.1. The van der Waals surface area contributed by atoms with Crippen molar-refractivity contribution >= 4 is 27.6 Å². The summed E-state index contributed by atoms with van der Waals surface area (Å²) in [7, 11) is -3.81. The fraction of sp³-hybridized carbons (Fsp3) is 0.235. The molecular formula is C17H16FNO3S2. The normalized spacial score (nSPS) is 17.3. The number of halogens is 1. The summed E-state index contributed by atoms with van der Waals surface area (Å²) < 4.78 is 41.8. The lowest BCUT2D eigenvalue weighted by Gasteiger charge is -2.26. The maximum Gasteiger partial charge on any atom is 0.241 e. The van der Waals surface area contributed by atoms with Gasteiger partial charge in [0, 0.05) is 16.5 Å². The van der Waals surface area contributed by atoms with Crippen molar-refractivity contribution in [1.29, 1.82) is 0 Å². The quantitative estimate of drug-likeness (QED) is 0.842. The predicted molar refractivity (Wildman–Crippen MR) is 91.3 cm³/mol. The standard InChI is InChI=1S/C17H16FNO3S2/c1-11(20)12-4-2-5-13(10-12)24(21,22)19-16-8-9-23-17-14(16)6-3-7-15(17)18/h2-7,10,16,19H,8-9H2,1H3. The fourth-order valence-electron chi connectivity index (χ4n) is 2.65. The number of carbonyl (C=O) groups excluding carboxylic acids is 1. The highest BCUT2D eigenvalue weighted by Gasteiger charge is 2.27. The van der Waals surface area contributed by atoms with E-state index in [0.717, 1.165) is 0 Å². The van der Waals surface area contributed by atoms with Gasteiger partial charge in [0.15, 0.2) is 5.78 Å². The Labute approximate surface area is 144 Å². The molecule has 0 amide bonds. The van der Waals surface area contributed by atoms with E-state index in [1.165, 1.54) is 43.0 Å². The first kappa shape index (κ1) is 17.1. The van der Waals surface area contributed by atoms with Crippen LogP contribution >= 0.6 is 11.8 Å². The van der Waals surface area contributed by atoms with Gasteiger partial charge in [0.25, 0.3) is 0 Å². The van der Waals surface area contributed by atoms with E-state index < -0.39 is 16.1 Å². The van der Waals surface area contributed by atoms with Crippen molar-refractivity contribution in [3.8, 4) is 0 Å². The van der Waals surface area contributed by atoms with E-state index >= 15 is 0 Å². The lowest BCUT2D eigenvalue weighted by Crippen LogP contribution is -2.31. The summed E-state index contributed by atoms with van der Waals surface area (Å²) >= 11 is 1.39. The molecule has 1 aliphatic heterocycles. The second-order valence-electron chi connectivity index (χ2n) is 5.55. The van der Waals surface area contributed by atoms with Crippen LogP contribution in [0.25, 0.3) is 0 Å². The van der Waals surface area contributed by atoms with Gasteiger partial charge in [-0.15, -0.1) is 11.8 Å². The number of thioether (sulfide) groups is 1. The number of sulfonamides is 1. The van der Waals surface area contributed by atoms with Crippen LogP contribution in [0.5, 0.6) is 0 Å². The monoisotopic (exact) mass is 365 g/mol. The molecule has 0 bridgehead atoms. The molecule has 0 radical (unpaired) electrons. The zero-order chi connectivity index (χ0) is 17.3. The molecule has 0 aliphatic carbocycles. The number of fused-ring (bicyclic) bond motifs is 1. The summed E-state index contributed by atoms with van der Waals surface area (Å²) in [5.41, 5.74) is 0.987. The molecule has 0 spiro atoms. The first-order valence-corrected chi connectivity index (χ1v) is 9.90. The third kappa shape index (κ3) is 3.38. The fourth-order valence-corrected chi connectivity index (χ4v) is 5.08. The zero-order valence-electron chi connectivity index (χ0n) is 13.0. The third-order valence-electron chi connectivity index (χ3n) is 3.87. The topological polar surface area (TPSA) is 63.2 Å². The van der Waals surface area contributed by atoms with Crippen LogP contribution in [0, 0.1) is 5.82 Å². The molecule has 4 nitrogen and oxygen atoms in total. The average molecular weight is 365 g/mol. The molecule has 0 saturated heterocycles. The molecule has 1 aliphatic rings. The Morgan fingerprint density at radius 3 is 2.75 bits per heavy atom. The van der Waals surface area contributed by atoms with Crippen molar-refractivity contribution in [1.82, 2.24) is 4.72 Å². The van der Waals surface area contributed by atoms with Crippen LogP contribution in [-0.2, 0) is 10.0 Å². The van der Waals surface area contributed by atoms with E-state index in [2.05, 4.69) is 4.72 Å². The molecule has 2 aromatic carbocycles. The minimum Gasteiger partial charge on any atom is -0.295 e. The smallest absolute Gasteiger partial charge is 0.241 e. The molecule has 126 valence electrons. The summed E-state index contributed by atoms with van der Waals surface area (Å²) in [5.74, 6) is 0.0997. The molecule has 1 unspecified atom stereocenters. The van der Waals surface area contributed by atoms with Crippen molar-refractivity contribution in [2.75, 3.05) is 5.75 Å². The zero-order valence-corrected chi connectivity index (χ0v) is 14.6. The second kappa shape index (κ2) is 6.66. The molecule has 0 aromatic heterocycles. The highest BCUT2D eigenvalue weighted by atomic mass is 32.2. The van der Waals surface area contributed by atoms with Gasteiger partial charge in [-0.05, 0) is 42.9 Å². The van der Waals surface area contributed by atoms with Gasteiger partial charge in [0.05, 0.1) is 4.90 Å². The molecule has 1 atom stereocenters. The van der Waals surface area contributed by atoms with Crippen LogP contribution in [0.4, 0.5) is 4.39 Å². The van der Waals surface area contributed by atoms with Crippen LogP contribution in [0.15, 0.2) is 52.3 Å². The Balaban J connectivity index is 1.93. The van der Waals surface area contributed by atoms with Crippen LogP contribution in [0.2, 0.25) is 0 Å². The molecule has 3 rings (SSSR count). The third-order valence-corrected chi connectivity index (χ3v) is 6.50. The molecular weight excluding hydrogens is 349 g/mol. The number of carbonyl (C=O) groups is 1. The molecule has 24 heavy (non-hydrogen) atoms. The van der Waals surface area contributed by atoms with Crippen molar-refractivity contribution in [2.24, 2.45) is 0 Å². The molecule has 2 aromatic rings. The van der Waals surface area contributed by atoms with Gasteiger partial charge in [-0.2, -0.15) is 0 Å². The van der Waals surface area contributed by atoms with Crippen LogP contribution in [0.1, 0.15) is 35.3 Å². The van der Waals surface area contributed by atoms with Crippen LogP contribution in [0.3, 0.4) is 0 Å². The van der Waals surface area contributed by atoms with Crippen molar-refractivity contribution in [3.05, 3.63) is 59.4 Å². The number of Topliss-reactive ketones (excluding diaryl/α,β-unsaturated/α-hetero) is 1. The molecule has 7 heteroatoms. The maximum atomic E-state index is 13.9. The second-order valence-corrected chi connectivity index (χ2v) is 8.37. The Morgan fingerprint density at radius 1 is 1.25 bits per heavy atom. The van der Waals surface area contributed by atoms with Gasteiger partial charge in [0.1, 0.15) is 5.82 Å². The molecule has 1 N–H and O–H groups in total. The van der Waals surface area contributed by atoms with Crippen molar-refractivity contribution in [3.63, 3.8) is 0 Å². The number of hydrogen-bond donors (Lipinski definition) is 1. The van der Waals surface area contributed by atoms with E-state index in [9.17, 15) is 17.6 Å².